The zero-order valence-corrected chi connectivity index (χ0v) is 14.1. The largest absolute Gasteiger partial charge is 0.460 e. The number of hydrogen-bond donors (Lipinski definition) is 0. The summed E-state index contributed by atoms with van der Waals surface area (Å²) in [7, 11) is 18.2. The number of ketones is 1. The van der Waals surface area contributed by atoms with Gasteiger partial charge in [0.1, 0.15) is 34.9 Å². The summed E-state index contributed by atoms with van der Waals surface area (Å²) in [5.41, 5.74) is 4.38. The van der Waals surface area contributed by atoms with Gasteiger partial charge in [0.05, 0.1) is 5.56 Å². The van der Waals surface area contributed by atoms with Crippen molar-refractivity contribution in [1.82, 2.24) is 0 Å². The minimum Gasteiger partial charge on any atom is -0.460 e. The summed E-state index contributed by atoms with van der Waals surface area (Å²) in [4.78, 5) is 13.1. The summed E-state index contributed by atoms with van der Waals surface area (Å²) in [5, 5.41) is 0.557. The highest BCUT2D eigenvalue weighted by Crippen LogP contribution is 2.28. The van der Waals surface area contributed by atoms with Crippen LogP contribution in [0.4, 0.5) is 0 Å². The van der Waals surface area contributed by atoms with E-state index in [1.807, 2.05) is 32.9 Å². The first kappa shape index (κ1) is 16.7. The summed E-state index contributed by atoms with van der Waals surface area (Å²) in [6.45, 7) is 5.72. The van der Waals surface area contributed by atoms with Crippen molar-refractivity contribution in [2.24, 2.45) is 0 Å². The van der Waals surface area contributed by atoms with Gasteiger partial charge in [0, 0.05) is 17.4 Å². The Morgan fingerprint density at radius 1 is 1.00 bits per heavy atom. The van der Waals surface area contributed by atoms with Gasteiger partial charge in [0.2, 0.25) is 0 Å². The van der Waals surface area contributed by atoms with Gasteiger partial charge in [-0.25, -0.2) is 0 Å². The Kier molecular flexibility index (Phi) is 4.21. The van der Waals surface area contributed by atoms with Gasteiger partial charge in [0.15, 0.2) is 5.78 Å². The van der Waals surface area contributed by atoms with E-state index in [9.17, 15) is 4.79 Å². The maximum atomic E-state index is 13.1. The first-order chi connectivity index (χ1) is 11.4. The molecule has 3 aromatic rings. The number of rotatable bonds is 3. The van der Waals surface area contributed by atoms with E-state index < -0.39 is 0 Å². The smallest absolute Gasteiger partial charge is 0.197 e. The molecule has 0 atom stereocenters. The van der Waals surface area contributed by atoms with Crippen LogP contribution in [0.25, 0.3) is 11.0 Å². The summed E-state index contributed by atoms with van der Waals surface area (Å²) in [6.07, 6.45) is 0.570. The van der Waals surface area contributed by atoms with Gasteiger partial charge in [0.25, 0.3) is 0 Å². The highest BCUT2D eigenvalue weighted by atomic mass is 16.3. The molecule has 0 unspecified atom stereocenters. The third-order valence-corrected chi connectivity index (χ3v) is 4.44. The van der Waals surface area contributed by atoms with E-state index in [0.717, 1.165) is 5.56 Å². The molecule has 0 aliphatic carbocycles. The van der Waals surface area contributed by atoms with Gasteiger partial charge in [-0.05, 0) is 19.4 Å². The quantitative estimate of drug-likeness (QED) is 0.538. The summed E-state index contributed by atoms with van der Waals surface area (Å²) >= 11 is 0. The molecule has 0 N–H and O–H groups in total. The van der Waals surface area contributed by atoms with E-state index >= 15 is 0 Å². The molecule has 0 aliphatic rings. The minimum atomic E-state index is -0.124. The highest BCUT2D eigenvalue weighted by molar-refractivity contribution is 6.61. The van der Waals surface area contributed by atoms with E-state index in [4.69, 9.17) is 28.0 Å². The minimum absolute atomic E-state index is 0.124. The molecule has 0 fully saturated rings. The van der Waals surface area contributed by atoms with Crippen LogP contribution in [0, 0.1) is 13.8 Å². The Balaban J connectivity index is 2.34. The van der Waals surface area contributed by atoms with Crippen molar-refractivity contribution in [2.75, 3.05) is 0 Å². The van der Waals surface area contributed by atoms with Crippen molar-refractivity contribution < 1.29 is 9.21 Å². The highest BCUT2D eigenvalue weighted by Gasteiger charge is 2.24. The van der Waals surface area contributed by atoms with Crippen molar-refractivity contribution in [3.05, 3.63) is 52.3 Å². The molecule has 0 saturated heterocycles. The second-order valence-corrected chi connectivity index (χ2v) is 6.02. The number of fused-ring (bicyclic) bond motifs is 1. The Morgan fingerprint density at radius 2 is 1.62 bits per heavy atom. The van der Waals surface area contributed by atoms with E-state index in [0.29, 0.717) is 56.2 Å². The van der Waals surface area contributed by atoms with Crippen LogP contribution in [0.1, 0.15) is 39.7 Å². The van der Waals surface area contributed by atoms with Crippen molar-refractivity contribution >= 4 is 56.7 Å². The average Bonchev–Trinajstić information content (AvgIpc) is 2.97. The first-order valence-corrected chi connectivity index (χ1v) is 7.86. The van der Waals surface area contributed by atoms with E-state index in [2.05, 4.69) is 0 Å². The number of carbonyl (C=O) groups excluding carboxylic acids is 1. The first-order valence-electron chi connectivity index (χ1n) is 7.86. The lowest BCUT2D eigenvalue weighted by Gasteiger charge is -2.12. The van der Waals surface area contributed by atoms with Gasteiger partial charge in [-0.2, -0.15) is 0 Å². The molecule has 0 amide bonds. The zero-order valence-electron chi connectivity index (χ0n) is 14.1. The lowest BCUT2D eigenvalue weighted by Crippen LogP contribution is -2.41. The number of benzene rings is 2. The van der Waals surface area contributed by atoms with Crippen molar-refractivity contribution in [3.63, 3.8) is 0 Å². The van der Waals surface area contributed by atoms with E-state index in [1.165, 1.54) is 0 Å². The van der Waals surface area contributed by atoms with Crippen LogP contribution >= 0.6 is 0 Å². The molecule has 2 nitrogen and oxygen atoms in total. The van der Waals surface area contributed by atoms with Gasteiger partial charge in [-0.15, -0.1) is 5.46 Å². The molecule has 1 aromatic heterocycles. The molecule has 1 heterocycles. The number of furan rings is 1. The summed E-state index contributed by atoms with van der Waals surface area (Å²) in [5.74, 6) is 0.469. The van der Waals surface area contributed by atoms with Crippen LogP contribution in [-0.4, -0.2) is 29.3 Å². The lowest BCUT2D eigenvalue weighted by atomic mass is 9.68. The molecule has 0 spiro atoms. The molecule has 24 heavy (non-hydrogen) atoms. The van der Waals surface area contributed by atoms with Crippen LogP contribution in [0.15, 0.2) is 28.7 Å². The van der Waals surface area contributed by atoms with Crippen LogP contribution in [0.5, 0.6) is 0 Å². The van der Waals surface area contributed by atoms with Gasteiger partial charge in [-0.1, -0.05) is 47.7 Å². The second-order valence-electron chi connectivity index (χ2n) is 6.02. The third-order valence-electron chi connectivity index (χ3n) is 4.44. The molecule has 0 aliphatic heterocycles. The molecule has 112 valence electrons. The van der Waals surface area contributed by atoms with Crippen molar-refractivity contribution in [1.29, 1.82) is 0 Å². The van der Waals surface area contributed by atoms with Gasteiger partial charge in [-0.3, -0.25) is 4.79 Å². The van der Waals surface area contributed by atoms with Crippen molar-refractivity contribution in [2.45, 2.75) is 27.2 Å². The topological polar surface area (TPSA) is 30.2 Å². The second kappa shape index (κ2) is 6.05. The van der Waals surface area contributed by atoms with Crippen LogP contribution in [0.3, 0.4) is 0 Å². The molecule has 0 saturated carbocycles. The summed E-state index contributed by atoms with van der Waals surface area (Å²) in [6, 6.07) is 7.42. The standard InChI is InChI=1S/C19H15B3O2/c1-4-12-13(18(23)11-7-5-9(2)6-8-11)14-16(21)17(22)15(20)10(3)19(14)24-12/h5-8H,4H2,1-3H3. The van der Waals surface area contributed by atoms with Gasteiger partial charge >= 0.3 is 0 Å². The Hall–Kier alpha value is -2.16. The SMILES string of the molecule is [B]c1c([B])c([B])c2c(C(=O)c3ccc(C)cc3)c(CC)oc2c1C. The fourth-order valence-corrected chi connectivity index (χ4v) is 2.94. The van der Waals surface area contributed by atoms with E-state index in [-0.39, 0.29) is 5.78 Å². The Bertz CT molecular complexity index is 953. The number of aryl methyl sites for hydroxylation is 3. The molecule has 3 rings (SSSR count). The third kappa shape index (κ3) is 2.43. The molecular weight excluding hydrogens is 293 g/mol. The molecule has 6 radical (unpaired) electrons. The lowest BCUT2D eigenvalue weighted by molar-refractivity contribution is 0.103. The zero-order chi connectivity index (χ0) is 17.6. The van der Waals surface area contributed by atoms with E-state index in [1.54, 1.807) is 12.1 Å². The average molecular weight is 308 g/mol. The summed E-state index contributed by atoms with van der Waals surface area (Å²) < 4.78 is 5.93. The van der Waals surface area contributed by atoms with Crippen LogP contribution < -0.4 is 16.4 Å². The normalized spacial score (nSPS) is 11.1. The molecule has 5 heteroatoms. The van der Waals surface area contributed by atoms with Crippen molar-refractivity contribution in [3.8, 4) is 0 Å². The van der Waals surface area contributed by atoms with Crippen LogP contribution in [0.2, 0.25) is 0 Å². The predicted octanol–water partition coefficient (Wildman–Crippen LogP) is 1.22. The number of carbonyl (C=O) groups is 1. The molecular formula is C19H15B3O2. The van der Waals surface area contributed by atoms with Gasteiger partial charge < -0.3 is 4.42 Å². The fraction of sp³-hybridized carbons (Fsp3) is 0.211. The monoisotopic (exact) mass is 308 g/mol. The Morgan fingerprint density at radius 3 is 2.21 bits per heavy atom. The Labute approximate surface area is 145 Å². The number of hydrogen-bond acceptors (Lipinski definition) is 2. The predicted molar refractivity (Wildman–Crippen MR) is 101 cm³/mol. The maximum Gasteiger partial charge on any atom is 0.197 e. The molecule has 2 aromatic carbocycles. The van der Waals surface area contributed by atoms with Crippen LogP contribution in [-0.2, 0) is 6.42 Å². The maximum absolute atomic E-state index is 13.1. The fourth-order valence-electron chi connectivity index (χ4n) is 2.94. The molecule has 0 bridgehead atoms.